The number of rotatable bonds is 6. The van der Waals surface area contributed by atoms with Gasteiger partial charge in [0, 0.05) is 24.7 Å². The molecule has 0 aliphatic carbocycles. The Morgan fingerprint density at radius 3 is 2.74 bits per heavy atom. The minimum atomic E-state index is -0.379. The molecule has 0 saturated carbocycles. The van der Waals surface area contributed by atoms with E-state index in [1.54, 1.807) is 39.9 Å². The van der Waals surface area contributed by atoms with Crippen LogP contribution in [0.4, 0.5) is 5.82 Å². The van der Waals surface area contributed by atoms with Crippen molar-refractivity contribution in [3.63, 3.8) is 0 Å². The van der Waals surface area contributed by atoms with E-state index < -0.39 is 0 Å². The summed E-state index contributed by atoms with van der Waals surface area (Å²) in [6, 6.07) is 12.0. The van der Waals surface area contributed by atoms with Gasteiger partial charge in [-0.15, -0.1) is 0 Å². The van der Waals surface area contributed by atoms with Crippen molar-refractivity contribution < 1.29 is 14.3 Å². The number of amides is 1. The summed E-state index contributed by atoms with van der Waals surface area (Å²) in [6.07, 6.45) is 2.89. The molecule has 0 radical (unpaired) electrons. The molecule has 4 aromatic rings. The van der Waals surface area contributed by atoms with Crippen LogP contribution in [-0.2, 0) is 4.79 Å². The highest BCUT2D eigenvalue weighted by Gasteiger charge is 2.29. The van der Waals surface area contributed by atoms with E-state index in [1.807, 2.05) is 12.1 Å². The number of nitrogens with zero attached hydrogens (tertiary/aromatic N) is 6. The summed E-state index contributed by atoms with van der Waals surface area (Å²) >= 11 is 12.1. The van der Waals surface area contributed by atoms with Crippen LogP contribution in [0.25, 0.3) is 22.3 Å². The number of benzene rings is 2. The number of halogens is 2. The fourth-order valence-corrected chi connectivity index (χ4v) is 4.88. The molecule has 1 atom stereocenters. The van der Waals surface area contributed by atoms with Crippen molar-refractivity contribution in [2.24, 2.45) is 0 Å². The van der Waals surface area contributed by atoms with Crippen LogP contribution in [0.15, 0.2) is 54.9 Å². The molecule has 2 aromatic carbocycles. The van der Waals surface area contributed by atoms with Gasteiger partial charge in [0.15, 0.2) is 17.1 Å². The number of ether oxygens (including phenoxy) is 2. The number of methoxy groups -OCH3 is 1. The number of fused-ring (bicyclic) bond motifs is 1. The summed E-state index contributed by atoms with van der Waals surface area (Å²) in [5.41, 5.74) is 8.03. The van der Waals surface area contributed by atoms with Crippen molar-refractivity contribution in [1.82, 2.24) is 24.6 Å². The number of carbonyl (C=O) groups excluding carboxylic acids is 1. The number of carbonyl (C=O) groups is 1. The molecule has 2 aromatic heterocycles. The first kappa shape index (κ1) is 26.3. The highest BCUT2D eigenvalue weighted by Crippen LogP contribution is 2.40. The van der Waals surface area contributed by atoms with Gasteiger partial charge in [0.25, 0.3) is 5.91 Å². The molecule has 0 spiro atoms. The van der Waals surface area contributed by atoms with Crippen molar-refractivity contribution in [2.45, 2.75) is 18.9 Å². The molecular weight excluding hydrogens is 541 g/mol. The first-order valence-electron chi connectivity index (χ1n) is 12.0. The van der Waals surface area contributed by atoms with Gasteiger partial charge in [-0.3, -0.25) is 4.79 Å². The van der Waals surface area contributed by atoms with Crippen molar-refractivity contribution in [1.29, 1.82) is 5.26 Å². The number of nitrogens with two attached hydrogens (primary N) is 1. The minimum absolute atomic E-state index is 0.0940. The molecule has 5 rings (SSSR count). The van der Waals surface area contributed by atoms with Gasteiger partial charge in [-0.1, -0.05) is 29.8 Å². The van der Waals surface area contributed by atoms with Gasteiger partial charge in [-0.05, 0) is 43.2 Å². The summed E-state index contributed by atoms with van der Waals surface area (Å²) in [6.45, 7) is 4.46. The zero-order chi connectivity index (χ0) is 27.7. The lowest BCUT2D eigenvalue weighted by atomic mass is 10.0. The number of hydrogen-bond donors (Lipinski definition) is 1. The molecule has 2 N–H and O–H groups in total. The SMILES string of the molecule is C=C(C#N)C(=O)N1CCC[C@@H](n2nc(-c3ccc(Oc4ccc(Cl)c(Cl)c4)c(OC)c3)c3c(N)ncnc32)C1. The Morgan fingerprint density at radius 2 is 2.00 bits per heavy atom. The first-order chi connectivity index (χ1) is 18.8. The predicted octanol–water partition coefficient (Wildman–Crippen LogP) is 5.43. The highest BCUT2D eigenvalue weighted by molar-refractivity contribution is 6.42. The first-order valence-corrected chi connectivity index (χ1v) is 12.7. The lowest BCUT2D eigenvalue weighted by Crippen LogP contribution is -2.41. The molecule has 0 bridgehead atoms. The third-order valence-electron chi connectivity index (χ3n) is 6.50. The number of hydrogen-bond acceptors (Lipinski definition) is 8. The van der Waals surface area contributed by atoms with E-state index in [2.05, 4.69) is 16.5 Å². The zero-order valence-corrected chi connectivity index (χ0v) is 22.4. The summed E-state index contributed by atoms with van der Waals surface area (Å²) in [5, 5.41) is 15.4. The second-order valence-corrected chi connectivity index (χ2v) is 9.75. The maximum absolute atomic E-state index is 12.6. The quantitative estimate of drug-likeness (QED) is 0.242. The monoisotopic (exact) mass is 563 g/mol. The van der Waals surface area contributed by atoms with Gasteiger partial charge >= 0.3 is 0 Å². The minimum Gasteiger partial charge on any atom is -0.493 e. The number of anilines is 1. The molecule has 198 valence electrons. The Morgan fingerprint density at radius 1 is 1.18 bits per heavy atom. The van der Waals surface area contributed by atoms with Gasteiger partial charge in [0.05, 0.1) is 28.6 Å². The van der Waals surface area contributed by atoms with Gasteiger partial charge in [-0.25, -0.2) is 14.6 Å². The van der Waals surface area contributed by atoms with Crippen molar-refractivity contribution in [3.8, 4) is 34.6 Å². The molecule has 39 heavy (non-hydrogen) atoms. The van der Waals surface area contributed by atoms with E-state index in [4.69, 9.17) is 48.8 Å². The van der Waals surface area contributed by atoms with E-state index >= 15 is 0 Å². The molecule has 10 nitrogen and oxygen atoms in total. The third-order valence-corrected chi connectivity index (χ3v) is 7.24. The third kappa shape index (κ3) is 5.06. The average molecular weight is 564 g/mol. The predicted molar refractivity (Wildman–Crippen MR) is 148 cm³/mol. The summed E-state index contributed by atoms with van der Waals surface area (Å²) in [4.78, 5) is 22.9. The Labute approximate surface area is 234 Å². The van der Waals surface area contributed by atoms with E-state index in [1.165, 1.54) is 13.4 Å². The second-order valence-electron chi connectivity index (χ2n) is 8.93. The van der Waals surface area contributed by atoms with E-state index in [0.29, 0.717) is 62.7 Å². The summed E-state index contributed by atoms with van der Waals surface area (Å²) in [7, 11) is 1.54. The van der Waals surface area contributed by atoms with Gasteiger partial charge in [0.2, 0.25) is 0 Å². The largest absolute Gasteiger partial charge is 0.493 e. The summed E-state index contributed by atoms with van der Waals surface area (Å²) in [5.74, 6) is 1.32. The van der Waals surface area contributed by atoms with Gasteiger partial charge < -0.3 is 20.1 Å². The zero-order valence-electron chi connectivity index (χ0n) is 20.9. The number of nitrogen functional groups attached to an aromatic ring is 1. The van der Waals surface area contributed by atoms with Crippen LogP contribution in [0, 0.1) is 11.3 Å². The maximum atomic E-state index is 12.6. The molecule has 12 heteroatoms. The Kier molecular flexibility index (Phi) is 7.28. The Hall–Kier alpha value is -4.33. The molecule has 1 aliphatic rings. The van der Waals surface area contributed by atoms with E-state index in [9.17, 15) is 4.79 Å². The molecule has 1 aliphatic heterocycles. The number of nitriles is 1. The topological polar surface area (TPSA) is 132 Å². The number of aromatic nitrogens is 4. The van der Waals surface area contributed by atoms with E-state index in [0.717, 1.165) is 12.8 Å². The van der Waals surface area contributed by atoms with Gasteiger partial charge in [0.1, 0.15) is 35.2 Å². The Bertz CT molecular complexity index is 1650. The lowest BCUT2D eigenvalue weighted by molar-refractivity contribution is -0.128. The molecule has 3 heterocycles. The van der Waals surface area contributed by atoms with Crippen molar-refractivity contribution in [3.05, 3.63) is 64.9 Å². The number of piperidine rings is 1. The van der Waals surface area contributed by atoms with Crippen molar-refractivity contribution in [2.75, 3.05) is 25.9 Å². The summed E-state index contributed by atoms with van der Waals surface area (Å²) < 4.78 is 13.4. The number of likely N-dealkylation sites (tertiary alicyclic amines) is 1. The standard InChI is InChI=1S/C27H23Cl2N7O3/c1-15(12-30)27(37)35-9-3-4-17(13-35)36-26-23(25(31)32-14-33-26)24(34-36)16-5-8-21(22(10-16)38-2)39-18-6-7-19(28)20(29)11-18/h5-8,10-11,14,17H,1,3-4,9,13H2,2H3,(H2,31,32,33)/t17-/m1/s1. The fraction of sp³-hybridized carbons (Fsp3) is 0.222. The maximum Gasteiger partial charge on any atom is 0.263 e. The van der Waals surface area contributed by atoms with Crippen LogP contribution in [0.5, 0.6) is 17.2 Å². The molecule has 0 unspecified atom stereocenters. The molecule has 1 amide bonds. The van der Waals surface area contributed by atoms with Crippen LogP contribution >= 0.6 is 23.2 Å². The fourth-order valence-electron chi connectivity index (χ4n) is 4.60. The van der Waals surface area contributed by atoms with Crippen LogP contribution in [0.1, 0.15) is 18.9 Å². The highest BCUT2D eigenvalue weighted by atomic mass is 35.5. The molecular formula is C27H23Cl2N7O3. The van der Waals surface area contributed by atoms with Crippen LogP contribution in [0.3, 0.4) is 0 Å². The van der Waals surface area contributed by atoms with Crippen LogP contribution in [0.2, 0.25) is 10.0 Å². The van der Waals surface area contributed by atoms with Crippen molar-refractivity contribution >= 4 is 46.0 Å². The Balaban J connectivity index is 1.53. The lowest BCUT2D eigenvalue weighted by Gasteiger charge is -2.32. The smallest absolute Gasteiger partial charge is 0.263 e. The van der Waals surface area contributed by atoms with Gasteiger partial charge in [-0.2, -0.15) is 10.4 Å². The van der Waals surface area contributed by atoms with Crippen LogP contribution < -0.4 is 15.2 Å². The van der Waals surface area contributed by atoms with Crippen LogP contribution in [-0.4, -0.2) is 50.8 Å². The normalized spacial score (nSPS) is 15.1. The molecule has 1 saturated heterocycles. The second kappa shape index (κ2) is 10.8. The average Bonchev–Trinajstić information content (AvgIpc) is 3.35. The van der Waals surface area contributed by atoms with E-state index in [-0.39, 0.29) is 23.3 Å². The molecule has 1 fully saturated rings.